The highest BCUT2D eigenvalue weighted by molar-refractivity contribution is 5.92. The van der Waals surface area contributed by atoms with Crippen LogP contribution in [0.4, 0.5) is 5.69 Å². The molecule has 1 amide bonds. The minimum atomic E-state index is -0.0142. The van der Waals surface area contributed by atoms with Gasteiger partial charge in [-0.1, -0.05) is 72.8 Å². The number of benzene rings is 3. The van der Waals surface area contributed by atoms with E-state index in [9.17, 15) is 4.79 Å². The van der Waals surface area contributed by atoms with Crippen molar-refractivity contribution in [2.45, 2.75) is 19.4 Å². The van der Waals surface area contributed by atoms with E-state index in [1.807, 2.05) is 84.9 Å². The van der Waals surface area contributed by atoms with E-state index in [1.165, 1.54) is 0 Å². The normalized spacial score (nSPS) is 10.2. The van der Waals surface area contributed by atoms with Gasteiger partial charge < -0.3 is 10.1 Å². The van der Waals surface area contributed by atoms with Crippen LogP contribution >= 0.6 is 0 Å². The summed E-state index contributed by atoms with van der Waals surface area (Å²) in [6.45, 7) is 0.470. The van der Waals surface area contributed by atoms with Crippen molar-refractivity contribution in [3.05, 3.63) is 96.1 Å². The number of aryl methyl sites for hydroxylation is 1. The van der Waals surface area contributed by atoms with Crippen LogP contribution in [-0.2, 0) is 17.8 Å². The first-order chi connectivity index (χ1) is 12.3. The van der Waals surface area contributed by atoms with Crippen molar-refractivity contribution in [3.63, 3.8) is 0 Å². The highest BCUT2D eigenvalue weighted by Crippen LogP contribution is 2.25. The molecule has 0 atom stereocenters. The van der Waals surface area contributed by atoms with Crippen molar-refractivity contribution in [1.82, 2.24) is 0 Å². The van der Waals surface area contributed by atoms with Crippen LogP contribution in [0.5, 0.6) is 5.75 Å². The van der Waals surface area contributed by atoms with Gasteiger partial charge in [0.05, 0.1) is 5.69 Å². The highest BCUT2D eigenvalue weighted by Gasteiger charge is 2.08. The van der Waals surface area contributed by atoms with Gasteiger partial charge in [0, 0.05) is 6.42 Å². The largest absolute Gasteiger partial charge is 0.487 e. The maximum absolute atomic E-state index is 12.2. The third-order valence-corrected chi connectivity index (χ3v) is 3.88. The quantitative estimate of drug-likeness (QED) is 0.673. The van der Waals surface area contributed by atoms with E-state index >= 15 is 0 Å². The molecule has 0 aromatic heterocycles. The zero-order valence-electron chi connectivity index (χ0n) is 14.0. The predicted molar refractivity (Wildman–Crippen MR) is 101 cm³/mol. The van der Waals surface area contributed by atoms with Crippen LogP contribution in [-0.4, -0.2) is 5.91 Å². The Labute approximate surface area is 148 Å². The molecule has 0 radical (unpaired) electrons. The van der Waals surface area contributed by atoms with E-state index in [4.69, 9.17) is 4.74 Å². The molecule has 3 heteroatoms. The molecule has 0 spiro atoms. The molecule has 0 heterocycles. The first-order valence-electron chi connectivity index (χ1n) is 8.41. The lowest BCUT2D eigenvalue weighted by molar-refractivity contribution is -0.116. The molecule has 25 heavy (non-hydrogen) atoms. The average molecular weight is 331 g/mol. The van der Waals surface area contributed by atoms with Crippen LogP contribution in [0.15, 0.2) is 84.9 Å². The summed E-state index contributed by atoms with van der Waals surface area (Å²) < 4.78 is 5.87. The van der Waals surface area contributed by atoms with E-state index in [-0.39, 0.29) is 5.91 Å². The fraction of sp³-hybridized carbons (Fsp3) is 0.136. The molecule has 3 aromatic carbocycles. The van der Waals surface area contributed by atoms with Crippen molar-refractivity contribution in [2.24, 2.45) is 0 Å². The Morgan fingerprint density at radius 2 is 1.36 bits per heavy atom. The fourth-order valence-electron chi connectivity index (χ4n) is 2.55. The number of para-hydroxylation sites is 2. The minimum Gasteiger partial charge on any atom is -0.487 e. The second-order valence-corrected chi connectivity index (χ2v) is 5.80. The maximum Gasteiger partial charge on any atom is 0.224 e. The molecule has 0 saturated carbocycles. The maximum atomic E-state index is 12.2. The molecule has 0 aliphatic heterocycles. The summed E-state index contributed by atoms with van der Waals surface area (Å²) in [6, 6.07) is 27.5. The molecule has 0 aliphatic carbocycles. The number of rotatable bonds is 7. The van der Waals surface area contributed by atoms with Crippen molar-refractivity contribution in [1.29, 1.82) is 0 Å². The topological polar surface area (TPSA) is 38.3 Å². The SMILES string of the molecule is O=C(CCc1ccccc1)Nc1ccccc1OCc1ccccc1. The number of amides is 1. The van der Waals surface area contributed by atoms with Gasteiger partial charge in [0.2, 0.25) is 5.91 Å². The molecule has 1 N–H and O–H groups in total. The first kappa shape index (κ1) is 16.8. The van der Waals surface area contributed by atoms with E-state index in [1.54, 1.807) is 0 Å². The molecule has 0 aliphatic rings. The molecule has 0 fully saturated rings. The third-order valence-electron chi connectivity index (χ3n) is 3.88. The molecule has 3 aromatic rings. The summed E-state index contributed by atoms with van der Waals surface area (Å²) in [4.78, 5) is 12.2. The van der Waals surface area contributed by atoms with Crippen molar-refractivity contribution in [3.8, 4) is 5.75 Å². The van der Waals surface area contributed by atoms with Gasteiger partial charge in [0.15, 0.2) is 0 Å². The lowest BCUT2D eigenvalue weighted by Crippen LogP contribution is -2.13. The Kier molecular flexibility index (Phi) is 5.83. The third kappa shape index (κ3) is 5.21. The van der Waals surface area contributed by atoms with Gasteiger partial charge in [-0.25, -0.2) is 0 Å². The molecule has 0 saturated heterocycles. The number of nitrogens with one attached hydrogen (secondary N) is 1. The average Bonchev–Trinajstić information content (AvgIpc) is 2.67. The summed E-state index contributed by atoms with van der Waals surface area (Å²) in [7, 11) is 0. The lowest BCUT2D eigenvalue weighted by Gasteiger charge is -2.12. The second kappa shape index (κ2) is 8.69. The molecular weight excluding hydrogens is 310 g/mol. The van der Waals surface area contributed by atoms with Gasteiger partial charge in [0.1, 0.15) is 12.4 Å². The molecule has 0 unspecified atom stereocenters. The van der Waals surface area contributed by atoms with Crippen molar-refractivity contribution >= 4 is 11.6 Å². The van der Waals surface area contributed by atoms with Crippen LogP contribution in [0.1, 0.15) is 17.5 Å². The summed E-state index contributed by atoms with van der Waals surface area (Å²) in [5.41, 5.74) is 2.95. The number of anilines is 1. The zero-order valence-corrected chi connectivity index (χ0v) is 14.0. The van der Waals surface area contributed by atoms with Crippen molar-refractivity contribution in [2.75, 3.05) is 5.32 Å². The standard InChI is InChI=1S/C22H21NO2/c24-22(16-15-18-9-3-1-4-10-18)23-20-13-7-8-14-21(20)25-17-19-11-5-2-6-12-19/h1-14H,15-17H2,(H,23,24). The fourth-order valence-corrected chi connectivity index (χ4v) is 2.55. The smallest absolute Gasteiger partial charge is 0.224 e. The molecule has 0 bridgehead atoms. The van der Waals surface area contributed by atoms with E-state index in [0.29, 0.717) is 24.5 Å². The number of ether oxygens (including phenoxy) is 1. The van der Waals surface area contributed by atoms with Gasteiger partial charge >= 0.3 is 0 Å². The Morgan fingerprint density at radius 3 is 2.08 bits per heavy atom. The monoisotopic (exact) mass is 331 g/mol. The van der Waals surface area contributed by atoms with Gasteiger partial charge in [0.25, 0.3) is 0 Å². The Bertz CT molecular complexity index is 801. The van der Waals surface area contributed by atoms with Crippen molar-refractivity contribution < 1.29 is 9.53 Å². The summed E-state index contributed by atoms with van der Waals surface area (Å²) in [6.07, 6.45) is 1.16. The second-order valence-electron chi connectivity index (χ2n) is 5.80. The van der Waals surface area contributed by atoms with E-state index < -0.39 is 0 Å². The minimum absolute atomic E-state index is 0.0142. The number of hydrogen-bond donors (Lipinski definition) is 1. The Morgan fingerprint density at radius 1 is 0.760 bits per heavy atom. The van der Waals surface area contributed by atoms with Crippen LogP contribution < -0.4 is 10.1 Å². The number of carbonyl (C=O) groups is 1. The van der Waals surface area contributed by atoms with Crippen LogP contribution in [0, 0.1) is 0 Å². The zero-order chi connectivity index (χ0) is 17.3. The number of carbonyl (C=O) groups excluding carboxylic acids is 1. The van der Waals surface area contributed by atoms with Gasteiger partial charge in [-0.2, -0.15) is 0 Å². The van der Waals surface area contributed by atoms with Gasteiger partial charge in [-0.05, 0) is 29.7 Å². The highest BCUT2D eigenvalue weighted by atomic mass is 16.5. The summed E-state index contributed by atoms with van der Waals surface area (Å²) in [5.74, 6) is 0.666. The Balaban J connectivity index is 1.57. The molecule has 126 valence electrons. The number of hydrogen-bond acceptors (Lipinski definition) is 2. The molecule has 3 nitrogen and oxygen atoms in total. The predicted octanol–water partition coefficient (Wildman–Crippen LogP) is 4.84. The summed E-state index contributed by atoms with van der Waals surface area (Å²) in [5, 5.41) is 2.95. The van der Waals surface area contributed by atoms with E-state index in [0.717, 1.165) is 17.5 Å². The van der Waals surface area contributed by atoms with Crippen LogP contribution in [0.25, 0.3) is 0 Å². The van der Waals surface area contributed by atoms with E-state index in [2.05, 4.69) is 5.32 Å². The van der Waals surface area contributed by atoms with Crippen LogP contribution in [0.2, 0.25) is 0 Å². The molecular formula is C22H21NO2. The summed E-state index contributed by atoms with van der Waals surface area (Å²) >= 11 is 0. The molecule has 3 rings (SSSR count). The Hall–Kier alpha value is -3.07. The van der Waals surface area contributed by atoms with Gasteiger partial charge in [-0.3, -0.25) is 4.79 Å². The first-order valence-corrected chi connectivity index (χ1v) is 8.41. The van der Waals surface area contributed by atoms with Crippen LogP contribution in [0.3, 0.4) is 0 Å². The van der Waals surface area contributed by atoms with Gasteiger partial charge in [-0.15, -0.1) is 0 Å². The lowest BCUT2D eigenvalue weighted by atomic mass is 10.1.